The van der Waals surface area contributed by atoms with E-state index >= 15 is 0 Å². The van der Waals surface area contributed by atoms with Gasteiger partial charge in [-0.25, -0.2) is 9.37 Å². The molecule has 4 aromatic rings. The van der Waals surface area contributed by atoms with Crippen LogP contribution in [0.5, 0.6) is 11.6 Å². The standard InChI is InChI=1S/C21H17FN4O/c22-17-8-5-14(6-9-17)12-24-20-19(23)21(26-13-25-20)27-18-10-7-15-3-1-2-4-16(15)11-18/h1-11,13H,12,23H2,(H,24,25,26). The van der Waals surface area contributed by atoms with Crippen molar-refractivity contribution in [3.05, 3.63) is 84.4 Å². The van der Waals surface area contributed by atoms with Gasteiger partial charge in [-0.2, -0.15) is 4.98 Å². The molecule has 0 saturated carbocycles. The summed E-state index contributed by atoms with van der Waals surface area (Å²) in [5, 5.41) is 5.32. The Balaban J connectivity index is 1.52. The molecule has 0 aliphatic rings. The highest BCUT2D eigenvalue weighted by atomic mass is 19.1. The minimum atomic E-state index is -0.272. The van der Waals surface area contributed by atoms with E-state index in [0.29, 0.717) is 23.8 Å². The Hall–Kier alpha value is -3.67. The summed E-state index contributed by atoms with van der Waals surface area (Å²) in [5.41, 5.74) is 7.38. The summed E-state index contributed by atoms with van der Waals surface area (Å²) in [6.45, 7) is 0.455. The molecule has 0 spiro atoms. The molecule has 0 amide bonds. The number of nitrogen functional groups attached to an aromatic ring is 1. The van der Waals surface area contributed by atoms with E-state index in [1.165, 1.54) is 18.5 Å². The highest BCUT2D eigenvalue weighted by Gasteiger charge is 2.10. The van der Waals surface area contributed by atoms with Crippen molar-refractivity contribution in [2.75, 3.05) is 11.1 Å². The van der Waals surface area contributed by atoms with Gasteiger partial charge in [0, 0.05) is 6.54 Å². The lowest BCUT2D eigenvalue weighted by atomic mass is 10.1. The molecule has 1 aromatic heterocycles. The molecule has 0 saturated heterocycles. The number of rotatable bonds is 5. The fourth-order valence-electron chi connectivity index (χ4n) is 2.73. The molecule has 4 rings (SSSR count). The first-order valence-corrected chi connectivity index (χ1v) is 8.44. The van der Waals surface area contributed by atoms with Gasteiger partial charge < -0.3 is 15.8 Å². The number of hydrogen-bond acceptors (Lipinski definition) is 5. The van der Waals surface area contributed by atoms with Crippen molar-refractivity contribution < 1.29 is 9.13 Å². The Morgan fingerprint density at radius 2 is 1.70 bits per heavy atom. The van der Waals surface area contributed by atoms with Gasteiger partial charge in [0.1, 0.15) is 23.6 Å². The average Bonchev–Trinajstić information content (AvgIpc) is 2.70. The summed E-state index contributed by atoms with van der Waals surface area (Å²) in [6, 6.07) is 20.0. The molecule has 134 valence electrons. The maximum Gasteiger partial charge on any atom is 0.248 e. The van der Waals surface area contributed by atoms with Gasteiger partial charge in [0.25, 0.3) is 0 Å². The first-order chi connectivity index (χ1) is 13.2. The molecular formula is C21H17FN4O. The normalized spacial score (nSPS) is 10.7. The maximum atomic E-state index is 13.0. The number of ether oxygens (including phenoxy) is 1. The van der Waals surface area contributed by atoms with E-state index in [2.05, 4.69) is 15.3 Å². The molecule has 0 radical (unpaired) electrons. The molecule has 0 bridgehead atoms. The molecule has 5 nitrogen and oxygen atoms in total. The predicted octanol–water partition coefficient (Wildman–Crippen LogP) is 4.76. The van der Waals surface area contributed by atoms with Gasteiger partial charge in [-0.05, 0) is 40.6 Å². The largest absolute Gasteiger partial charge is 0.437 e. The number of benzene rings is 3. The number of nitrogens with zero attached hydrogens (tertiary/aromatic N) is 2. The summed E-state index contributed by atoms with van der Waals surface area (Å²) in [7, 11) is 0. The number of fused-ring (bicyclic) bond motifs is 1. The van der Waals surface area contributed by atoms with Crippen LogP contribution in [0.3, 0.4) is 0 Å². The molecule has 6 heteroatoms. The molecule has 0 unspecified atom stereocenters. The second-order valence-electron chi connectivity index (χ2n) is 6.03. The van der Waals surface area contributed by atoms with Crippen molar-refractivity contribution in [1.29, 1.82) is 0 Å². The van der Waals surface area contributed by atoms with Gasteiger partial charge in [-0.15, -0.1) is 0 Å². The summed E-state index contributed by atoms with van der Waals surface area (Å²) < 4.78 is 18.9. The third kappa shape index (κ3) is 3.79. The monoisotopic (exact) mass is 360 g/mol. The van der Waals surface area contributed by atoms with E-state index in [4.69, 9.17) is 10.5 Å². The minimum absolute atomic E-state index is 0.272. The van der Waals surface area contributed by atoms with Crippen LogP contribution in [0.25, 0.3) is 10.8 Å². The summed E-state index contributed by atoms with van der Waals surface area (Å²) in [6.07, 6.45) is 1.39. The number of nitrogens with one attached hydrogen (secondary N) is 1. The van der Waals surface area contributed by atoms with E-state index in [9.17, 15) is 4.39 Å². The van der Waals surface area contributed by atoms with Crippen molar-refractivity contribution in [2.24, 2.45) is 0 Å². The highest BCUT2D eigenvalue weighted by Crippen LogP contribution is 2.31. The summed E-state index contributed by atoms with van der Waals surface area (Å²) in [5.74, 6) is 1.11. The number of aromatic nitrogens is 2. The van der Waals surface area contributed by atoms with Crippen LogP contribution >= 0.6 is 0 Å². The fraction of sp³-hybridized carbons (Fsp3) is 0.0476. The molecule has 0 aliphatic carbocycles. The van der Waals surface area contributed by atoms with Crippen molar-refractivity contribution in [3.63, 3.8) is 0 Å². The lowest BCUT2D eigenvalue weighted by molar-refractivity contribution is 0.465. The second kappa shape index (κ2) is 7.29. The van der Waals surface area contributed by atoms with Crippen molar-refractivity contribution in [3.8, 4) is 11.6 Å². The quantitative estimate of drug-likeness (QED) is 0.537. The molecule has 27 heavy (non-hydrogen) atoms. The zero-order valence-corrected chi connectivity index (χ0v) is 14.4. The van der Waals surface area contributed by atoms with Crippen LogP contribution in [0.1, 0.15) is 5.56 Å². The second-order valence-corrected chi connectivity index (χ2v) is 6.03. The molecule has 3 N–H and O–H groups in total. The zero-order valence-electron chi connectivity index (χ0n) is 14.4. The van der Waals surface area contributed by atoms with Crippen LogP contribution in [0.2, 0.25) is 0 Å². The Morgan fingerprint density at radius 1 is 0.926 bits per heavy atom. The van der Waals surface area contributed by atoms with E-state index in [-0.39, 0.29) is 11.7 Å². The molecular weight excluding hydrogens is 343 g/mol. The first-order valence-electron chi connectivity index (χ1n) is 8.44. The fourth-order valence-corrected chi connectivity index (χ4v) is 2.73. The SMILES string of the molecule is Nc1c(NCc2ccc(F)cc2)ncnc1Oc1ccc2ccccc2c1. The topological polar surface area (TPSA) is 73.1 Å². The van der Waals surface area contributed by atoms with E-state index in [0.717, 1.165) is 16.3 Å². The number of halogens is 1. The highest BCUT2D eigenvalue weighted by molar-refractivity contribution is 5.83. The first kappa shape index (κ1) is 16.8. The Kier molecular flexibility index (Phi) is 4.53. The summed E-state index contributed by atoms with van der Waals surface area (Å²) >= 11 is 0. The predicted molar refractivity (Wildman–Crippen MR) is 104 cm³/mol. The van der Waals surface area contributed by atoms with E-state index < -0.39 is 0 Å². The Bertz CT molecular complexity index is 1080. The van der Waals surface area contributed by atoms with Crippen LogP contribution in [0.4, 0.5) is 15.9 Å². The molecule has 0 atom stereocenters. The van der Waals surface area contributed by atoms with Crippen LogP contribution in [0, 0.1) is 5.82 Å². The van der Waals surface area contributed by atoms with Gasteiger partial charge in [0.2, 0.25) is 5.88 Å². The van der Waals surface area contributed by atoms with E-state index in [1.807, 2.05) is 42.5 Å². The van der Waals surface area contributed by atoms with Crippen LogP contribution in [0.15, 0.2) is 73.1 Å². The maximum absolute atomic E-state index is 13.0. The number of nitrogens with two attached hydrogens (primary N) is 1. The van der Waals surface area contributed by atoms with Gasteiger partial charge in [0.15, 0.2) is 5.82 Å². The molecule has 0 fully saturated rings. The smallest absolute Gasteiger partial charge is 0.248 e. The third-order valence-corrected chi connectivity index (χ3v) is 4.16. The molecule has 1 heterocycles. The van der Waals surface area contributed by atoms with Gasteiger partial charge in [-0.1, -0.05) is 42.5 Å². The number of hydrogen-bond donors (Lipinski definition) is 2. The minimum Gasteiger partial charge on any atom is -0.437 e. The Labute approximate surface area is 155 Å². The van der Waals surface area contributed by atoms with E-state index in [1.54, 1.807) is 12.1 Å². The van der Waals surface area contributed by atoms with Crippen molar-refractivity contribution in [1.82, 2.24) is 9.97 Å². The third-order valence-electron chi connectivity index (χ3n) is 4.16. The van der Waals surface area contributed by atoms with Gasteiger partial charge >= 0.3 is 0 Å². The van der Waals surface area contributed by atoms with Crippen LogP contribution in [-0.2, 0) is 6.54 Å². The summed E-state index contributed by atoms with van der Waals surface area (Å²) in [4.78, 5) is 8.29. The Morgan fingerprint density at radius 3 is 2.52 bits per heavy atom. The van der Waals surface area contributed by atoms with Crippen LogP contribution < -0.4 is 15.8 Å². The molecule has 3 aromatic carbocycles. The van der Waals surface area contributed by atoms with Crippen LogP contribution in [-0.4, -0.2) is 9.97 Å². The number of anilines is 2. The van der Waals surface area contributed by atoms with Crippen molar-refractivity contribution >= 4 is 22.3 Å². The van der Waals surface area contributed by atoms with Gasteiger partial charge in [-0.3, -0.25) is 0 Å². The van der Waals surface area contributed by atoms with Gasteiger partial charge in [0.05, 0.1) is 0 Å². The van der Waals surface area contributed by atoms with Crippen molar-refractivity contribution in [2.45, 2.75) is 6.54 Å². The lowest BCUT2D eigenvalue weighted by Crippen LogP contribution is -2.06. The zero-order chi connectivity index (χ0) is 18.6. The lowest BCUT2D eigenvalue weighted by Gasteiger charge is -2.12. The molecule has 0 aliphatic heterocycles. The average molecular weight is 360 g/mol.